The van der Waals surface area contributed by atoms with Crippen molar-refractivity contribution in [2.75, 3.05) is 49.8 Å². The number of ether oxygens (including phenoxy) is 3. The first-order valence-corrected chi connectivity index (χ1v) is 12.1. The van der Waals surface area contributed by atoms with E-state index in [1.807, 2.05) is 55.3 Å². The Labute approximate surface area is 217 Å². The Balaban J connectivity index is 1.57. The summed E-state index contributed by atoms with van der Waals surface area (Å²) in [7, 11) is 1.58. The number of hydrazine groups is 1. The second-order valence-electron chi connectivity index (χ2n) is 8.80. The molecular weight excluding hydrogens is 470 g/mol. The number of piperazine rings is 1. The average Bonchev–Trinajstić information content (AvgIpc) is 2.92. The maximum absolute atomic E-state index is 12.0. The van der Waals surface area contributed by atoms with E-state index in [2.05, 4.69) is 22.5 Å². The van der Waals surface area contributed by atoms with E-state index in [4.69, 9.17) is 14.2 Å². The van der Waals surface area contributed by atoms with Crippen LogP contribution >= 0.6 is 0 Å². The third-order valence-electron chi connectivity index (χ3n) is 6.05. The summed E-state index contributed by atoms with van der Waals surface area (Å²) in [5, 5.41) is 14.3. The molecule has 9 heteroatoms. The van der Waals surface area contributed by atoms with E-state index in [0.717, 1.165) is 28.9 Å². The lowest BCUT2D eigenvalue weighted by atomic mass is 10.1. The van der Waals surface area contributed by atoms with Crippen LogP contribution in [0.1, 0.15) is 19.4 Å². The number of aromatic nitrogens is 1. The number of pyridine rings is 1. The Bertz CT molecular complexity index is 1290. The number of benzene rings is 2. The SMILES string of the molecule is C=CCOc1cc2ncc(C#N)c(N3CCN(N(C=O)c4ccc(OC(C)C)cc4)CC3)c2cc1OC. The van der Waals surface area contributed by atoms with Crippen molar-refractivity contribution >= 4 is 28.7 Å². The molecule has 0 spiro atoms. The summed E-state index contributed by atoms with van der Waals surface area (Å²) in [6.45, 7) is 10.4. The van der Waals surface area contributed by atoms with Gasteiger partial charge in [-0.15, -0.1) is 0 Å². The molecule has 0 N–H and O–H groups in total. The first-order valence-electron chi connectivity index (χ1n) is 12.1. The second-order valence-corrected chi connectivity index (χ2v) is 8.80. The third kappa shape index (κ3) is 5.60. The summed E-state index contributed by atoms with van der Waals surface area (Å²) in [6.07, 6.45) is 4.16. The molecule has 1 amide bonds. The molecule has 0 radical (unpaired) electrons. The van der Waals surface area contributed by atoms with Crippen LogP contribution in [0.2, 0.25) is 0 Å². The number of fused-ring (bicyclic) bond motifs is 1. The minimum atomic E-state index is 0.0786. The van der Waals surface area contributed by atoms with Crippen molar-refractivity contribution in [3.05, 3.63) is 60.8 Å². The topological polar surface area (TPSA) is 91.2 Å². The summed E-state index contributed by atoms with van der Waals surface area (Å²) in [4.78, 5) is 18.7. The molecule has 0 bridgehead atoms. The van der Waals surface area contributed by atoms with Crippen molar-refractivity contribution < 1.29 is 19.0 Å². The minimum Gasteiger partial charge on any atom is -0.493 e. The summed E-state index contributed by atoms with van der Waals surface area (Å²) >= 11 is 0. The fourth-order valence-electron chi connectivity index (χ4n) is 4.40. The van der Waals surface area contributed by atoms with E-state index >= 15 is 0 Å². The number of methoxy groups -OCH3 is 1. The first-order chi connectivity index (χ1) is 18.0. The van der Waals surface area contributed by atoms with Gasteiger partial charge >= 0.3 is 0 Å². The van der Waals surface area contributed by atoms with Gasteiger partial charge in [-0.25, -0.2) is 10.0 Å². The van der Waals surface area contributed by atoms with E-state index in [0.29, 0.717) is 55.4 Å². The fraction of sp³-hybridized carbons (Fsp3) is 0.321. The Morgan fingerprint density at radius 3 is 2.49 bits per heavy atom. The lowest BCUT2D eigenvalue weighted by Crippen LogP contribution is -2.54. The molecule has 9 nitrogen and oxygen atoms in total. The van der Waals surface area contributed by atoms with Gasteiger partial charge in [0.15, 0.2) is 11.5 Å². The summed E-state index contributed by atoms with van der Waals surface area (Å²) in [5.41, 5.74) is 2.75. The molecule has 1 fully saturated rings. The molecule has 192 valence electrons. The molecule has 2 aromatic carbocycles. The van der Waals surface area contributed by atoms with Gasteiger partial charge in [-0.1, -0.05) is 12.7 Å². The van der Waals surface area contributed by atoms with Crippen LogP contribution in [0.4, 0.5) is 11.4 Å². The zero-order valence-electron chi connectivity index (χ0n) is 21.4. The minimum absolute atomic E-state index is 0.0786. The molecule has 0 unspecified atom stereocenters. The number of carbonyl (C=O) groups is 1. The van der Waals surface area contributed by atoms with Crippen LogP contribution < -0.4 is 24.1 Å². The molecule has 0 aliphatic carbocycles. The lowest BCUT2D eigenvalue weighted by molar-refractivity contribution is -0.110. The first kappa shape index (κ1) is 25.8. The van der Waals surface area contributed by atoms with E-state index in [1.165, 1.54) is 0 Å². The monoisotopic (exact) mass is 501 g/mol. The Kier molecular flexibility index (Phi) is 8.11. The average molecular weight is 502 g/mol. The van der Waals surface area contributed by atoms with Crippen LogP contribution in [0.25, 0.3) is 10.9 Å². The van der Waals surface area contributed by atoms with E-state index in [1.54, 1.807) is 24.4 Å². The van der Waals surface area contributed by atoms with Crippen molar-refractivity contribution in [2.45, 2.75) is 20.0 Å². The number of anilines is 2. The van der Waals surface area contributed by atoms with Crippen LogP contribution in [0.15, 0.2) is 55.3 Å². The van der Waals surface area contributed by atoms with Gasteiger partial charge in [0, 0.05) is 43.8 Å². The normalized spacial score (nSPS) is 13.8. The summed E-state index contributed by atoms with van der Waals surface area (Å²) in [6, 6.07) is 13.4. The highest BCUT2D eigenvalue weighted by molar-refractivity contribution is 5.96. The summed E-state index contributed by atoms with van der Waals surface area (Å²) in [5.74, 6) is 1.88. The Morgan fingerprint density at radius 1 is 1.16 bits per heavy atom. The number of amides is 1. The highest BCUT2D eigenvalue weighted by Crippen LogP contribution is 2.38. The molecule has 3 aromatic rings. The predicted molar refractivity (Wildman–Crippen MR) is 143 cm³/mol. The van der Waals surface area contributed by atoms with Crippen molar-refractivity contribution in [2.24, 2.45) is 0 Å². The van der Waals surface area contributed by atoms with Crippen LogP contribution in [0.5, 0.6) is 17.2 Å². The number of nitrogens with zero attached hydrogens (tertiary/aromatic N) is 5. The maximum atomic E-state index is 12.0. The predicted octanol–water partition coefficient (Wildman–Crippen LogP) is 4.17. The Morgan fingerprint density at radius 2 is 1.89 bits per heavy atom. The maximum Gasteiger partial charge on any atom is 0.228 e. The molecule has 1 saturated heterocycles. The van der Waals surface area contributed by atoms with Gasteiger partial charge in [-0.05, 0) is 44.2 Å². The largest absolute Gasteiger partial charge is 0.493 e. The number of carbonyl (C=O) groups excluding carboxylic acids is 1. The molecule has 1 aliphatic heterocycles. The van der Waals surface area contributed by atoms with Crippen LogP contribution in [0.3, 0.4) is 0 Å². The molecule has 1 aromatic heterocycles. The van der Waals surface area contributed by atoms with Gasteiger partial charge in [-0.2, -0.15) is 5.26 Å². The molecule has 0 saturated carbocycles. The number of hydrogen-bond acceptors (Lipinski definition) is 8. The van der Waals surface area contributed by atoms with E-state index < -0.39 is 0 Å². The highest BCUT2D eigenvalue weighted by atomic mass is 16.5. The van der Waals surface area contributed by atoms with Crippen molar-refractivity contribution in [3.8, 4) is 23.3 Å². The van der Waals surface area contributed by atoms with Gasteiger partial charge in [0.1, 0.15) is 18.4 Å². The molecule has 0 atom stereocenters. The van der Waals surface area contributed by atoms with Gasteiger partial charge in [0.05, 0.1) is 35.7 Å². The van der Waals surface area contributed by atoms with Gasteiger partial charge in [-0.3, -0.25) is 9.78 Å². The standard InChI is InChI=1S/C28H31N5O4/c1-5-14-36-27-16-25-24(15-26(27)35-4)28(21(17-29)18-30-25)31-10-12-32(13-11-31)33(19-34)22-6-8-23(9-7-22)37-20(2)3/h5-9,15-16,18-20H,1,10-14H2,2-4H3. The fourth-order valence-corrected chi connectivity index (χ4v) is 4.40. The van der Waals surface area contributed by atoms with Gasteiger partial charge in [0.25, 0.3) is 0 Å². The number of rotatable bonds is 10. The smallest absolute Gasteiger partial charge is 0.228 e. The number of hydrogen-bond donors (Lipinski definition) is 0. The molecule has 4 rings (SSSR count). The highest BCUT2D eigenvalue weighted by Gasteiger charge is 2.26. The van der Waals surface area contributed by atoms with Crippen molar-refractivity contribution in [1.29, 1.82) is 5.26 Å². The quantitative estimate of drug-likeness (QED) is 0.302. The van der Waals surface area contributed by atoms with E-state index in [-0.39, 0.29) is 6.10 Å². The molecule has 37 heavy (non-hydrogen) atoms. The van der Waals surface area contributed by atoms with Gasteiger partial charge < -0.3 is 19.1 Å². The molecule has 2 heterocycles. The van der Waals surface area contributed by atoms with E-state index in [9.17, 15) is 10.1 Å². The van der Waals surface area contributed by atoms with Gasteiger partial charge in [0.2, 0.25) is 6.41 Å². The molecular formula is C28H31N5O4. The zero-order chi connectivity index (χ0) is 26.4. The molecule has 1 aliphatic rings. The second kappa shape index (κ2) is 11.6. The van der Waals surface area contributed by atoms with Crippen molar-refractivity contribution in [3.63, 3.8) is 0 Å². The number of nitriles is 1. The Hall–Kier alpha value is -4.29. The van der Waals surface area contributed by atoms with Crippen molar-refractivity contribution in [1.82, 2.24) is 9.99 Å². The zero-order valence-corrected chi connectivity index (χ0v) is 21.4. The van der Waals surface area contributed by atoms with Crippen LogP contribution in [-0.4, -0.2) is 62.4 Å². The van der Waals surface area contributed by atoms with Crippen LogP contribution in [-0.2, 0) is 4.79 Å². The summed E-state index contributed by atoms with van der Waals surface area (Å²) < 4.78 is 17.0. The van der Waals surface area contributed by atoms with Crippen LogP contribution in [0, 0.1) is 11.3 Å². The third-order valence-corrected chi connectivity index (χ3v) is 6.05. The lowest BCUT2D eigenvalue weighted by Gasteiger charge is -2.40.